The molecular formula is C28H31NO5. The van der Waals surface area contributed by atoms with Crippen LogP contribution in [-0.4, -0.2) is 32.6 Å². The molecule has 34 heavy (non-hydrogen) atoms. The Hall–Kier alpha value is -3.54. The van der Waals surface area contributed by atoms with Crippen LogP contribution in [0.15, 0.2) is 71.1 Å². The predicted octanol–water partition coefficient (Wildman–Crippen LogP) is 5.02. The maximum Gasteiger partial charge on any atom is 0.336 e. The molecule has 1 N–H and O–H groups in total. The van der Waals surface area contributed by atoms with Crippen LogP contribution in [0.2, 0.25) is 0 Å². The minimum atomic E-state index is -0.478. The highest BCUT2D eigenvalue weighted by atomic mass is 16.5. The highest BCUT2D eigenvalue weighted by molar-refractivity contribution is 6.04. The SMILES string of the molecule is CCCOc1ccc([C@H]2C(C(=O)OC)=C(C)NC3=C2C(=O)C[C@H](c2ccc(OC)cc2)C3)cc1. The molecule has 1 heterocycles. The third kappa shape index (κ3) is 4.58. The van der Waals surface area contributed by atoms with E-state index in [1.807, 2.05) is 55.5 Å². The third-order valence-corrected chi connectivity index (χ3v) is 6.51. The maximum absolute atomic E-state index is 13.6. The first kappa shape index (κ1) is 23.6. The number of benzene rings is 2. The number of carbonyl (C=O) groups excluding carboxylic acids is 2. The molecule has 0 unspecified atom stereocenters. The molecule has 0 radical (unpaired) electrons. The van der Waals surface area contributed by atoms with Crippen molar-refractivity contribution in [3.05, 3.63) is 82.2 Å². The largest absolute Gasteiger partial charge is 0.497 e. The molecule has 6 nitrogen and oxygen atoms in total. The lowest BCUT2D eigenvalue weighted by Crippen LogP contribution is -2.36. The van der Waals surface area contributed by atoms with Gasteiger partial charge in [-0.15, -0.1) is 0 Å². The lowest BCUT2D eigenvalue weighted by atomic mass is 9.71. The summed E-state index contributed by atoms with van der Waals surface area (Å²) < 4.78 is 16.1. The molecule has 0 saturated carbocycles. The summed E-state index contributed by atoms with van der Waals surface area (Å²) >= 11 is 0. The Balaban J connectivity index is 1.72. The normalized spacial score (nSPS) is 19.9. The van der Waals surface area contributed by atoms with E-state index in [-0.39, 0.29) is 11.7 Å². The lowest BCUT2D eigenvalue weighted by Gasteiger charge is -2.36. The fraction of sp³-hybridized carbons (Fsp3) is 0.357. The number of allylic oxidation sites excluding steroid dienone is 3. The topological polar surface area (TPSA) is 73.9 Å². The number of hydrogen-bond donors (Lipinski definition) is 1. The summed E-state index contributed by atoms with van der Waals surface area (Å²) in [5.74, 6) is 0.742. The lowest BCUT2D eigenvalue weighted by molar-refractivity contribution is -0.136. The second-order valence-corrected chi connectivity index (χ2v) is 8.70. The Morgan fingerprint density at radius 3 is 2.24 bits per heavy atom. The van der Waals surface area contributed by atoms with E-state index >= 15 is 0 Å². The van der Waals surface area contributed by atoms with Crippen LogP contribution in [-0.2, 0) is 14.3 Å². The van der Waals surface area contributed by atoms with Crippen LogP contribution in [0.3, 0.4) is 0 Å². The molecule has 0 amide bonds. The van der Waals surface area contributed by atoms with Crippen molar-refractivity contribution in [3.8, 4) is 11.5 Å². The van der Waals surface area contributed by atoms with E-state index in [0.29, 0.717) is 36.3 Å². The number of carbonyl (C=O) groups is 2. The number of ketones is 1. The van der Waals surface area contributed by atoms with Crippen molar-refractivity contribution in [2.24, 2.45) is 0 Å². The second-order valence-electron chi connectivity index (χ2n) is 8.70. The van der Waals surface area contributed by atoms with Crippen LogP contribution in [0.25, 0.3) is 0 Å². The van der Waals surface area contributed by atoms with Gasteiger partial charge in [-0.25, -0.2) is 4.79 Å². The van der Waals surface area contributed by atoms with Crippen molar-refractivity contribution < 1.29 is 23.8 Å². The van der Waals surface area contributed by atoms with Gasteiger partial charge in [0.15, 0.2) is 5.78 Å². The molecule has 0 bridgehead atoms. The molecule has 2 aliphatic rings. The van der Waals surface area contributed by atoms with Gasteiger partial charge in [0.25, 0.3) is 0 Å². The van der Waals surface area contributed by atoms with Crippen LogP contribution in [0, 0.1) is 0 Å². The number of nitrogens with one attached hydrogen (secondary N) is 1. The highest BCUT2D eigenvalue weighted by Gasteiger charge is 2.41. The Kier molecular flexibility index (Phi) is 7.06. The zero-order valence-corrected chi connectivity index (χ0v) is 20.1. The molecule has 0 aromatic heterocycles. The van der Waals surface area contributed by atoms with Crippen molar-refractivity contribution in [3.63, 3.8) is 0 Å². The quantitative estimate of drug-likeness (QED) is 0.584. The van der Waals surface area contributed by atoms with Gasteiger partial charge in [-0.3, -0.25) is 4.79 Å². The van der Waals surface area contributed by atoms with Gasteiger partial charge >= 0.3 is 5.97 Å². The van der Waals surface area contributed by atoms with Gasteiger partial charge in [0.05, 0.1) is 26.4 Å². The molecule has 178 valence electrons. The van der Waals surface area contributed by atoms with Gasteiger partial charge < -0.3 is 19.5 Å². The van der Waals surface area contributed by atoms with E-state index in [1.165, 1.54) is 7.11 Å². The van der Waals surface area contributed by atoms with E-state index in [2.05, 4.69) is 12.2 Å². The van der Waals surface area contributed by atoms with Crippen molar-refractivity contribution >= 4 is 11.8 Å². The fourth-order valence-electron chi connectivity index (χ4n) is 4.84. The van der Waals surface area contributed by atoms with Gasteiger partial charge in [0.1, 0.15) is 11.5 Å². The van der Waals surface area contributed by atoms with Crippen molar-refractivity contribution in [1.29, 1.82) is 0 Å². The first-order valence-electron chi connectivity index (χ1n) is 11.7. The molecule has 2 aromatic rings. The molecule has 2 aromatic carbocycles. The Bertz CT molecular complexity index is 1130. The smallest absolute Gasteiger partial charge is 0.336 e. The molecule has 2 atom stereocenters. The van der Waals surface area contributed by atoms with Crippen LogP contribution >= 0.6 is 0 Å². The zero-order chi connectivity index (χ0) is 24.2. The number of dihydropyridines is 1. The average Bonchev–Trinajstić information content (AvgIpc) is 2.86. The van der Waals surface area contributed by atoms with Crippen molar-refractivity contribution in [2.45, 2.75) is 44.9 Å². The highest BCUT2D eigenvalue weighted by Crippen LogP contribution is 2.46. The van der Waals surface area contributed by atoms with Gasteiger partial charge in [-0.05, 0) is 61.1 Å². The third-order valence-electron chi connectivity index (χ3n) is 6.51. The summed E-state index contributed by atoms with van der Waals surface area (Å²) in [5.41, 5.74) is 4.67. The summed E-state index contributed by atoms with van der Waals surface area (Å²) in [7, 11) is 3.01. The van der Waals surface area contributed by atoms with E-state index in [1.54, 1.807) is 7.11 Å². The standard InChI is InChI=1S/C28H31NO5/c1-5-14-34-22-12-8-19(9-13-22)26-25(28(31)33-4)17(2)29-23-15-20(16-24(30)27(23)26)18-6-10-21(32-3)11-7-18/h6-13,20,26,29H,5,14-16H2,1-4H3/t20-,26+/m1/s1. The molecule has 1 aliphatic heterocycles. The minimum Gasteiger partial charge on any atom is -0.497 e. The summed E-state index contributed by atoms with van der Waals surface area (Å²) in [6.07, 6.45) is 1.99. The first-order chi connectivity index (χ1) is 16.5. The van der Waals surface area contributed by atoms with Crippen molar-refractivity contribution in [1.82, 2.24) is 5.32 Å². The Labute approximate surface area is 200 Å². The van der Waals surface area contributed by atoms with Crippen molar-refractivity contribution in [2.75, 3.05) is 20.8 Å². The average molecular weight is 462 g/mol. The van der Waals surface area contributed by atoms with E-state index in [4.69, 9.17) is 14.2 Å². The summed E-state index contributed by atoms with van der Waals surface area (Å²) in [6.45, 7) is 4.56. The molecule has 0 fully saturated rings. The number of methoxy groups -OCH3 is 2. The van der Waals surface area contributed by atoms with Crippen LogP contribution in [0.1, 0.15) is 56.1 Å². The number of esters is 1. The fourth-order valence-corrected chi connectivity index (χ4v) is 4.84. The van der Waals surface area contributed by atoms with Crippen LogP contribution in [0.5, 0.6) is 11.5 Å². The molecular weight excluding hydrogens is 430 g/mol. The molecule has 0 spiro atoms. The van der Waals surface area contributed by atoms with E-state index < -0.39 is 11.9 Å². The van der Waals surface area contributed by atoms with Crippen LogP contribution < -0.4 is 14.8 Å². The van der Waals surface area contributed by atoms with Gasteiger partial charge in [-0.1, -0.05) is 31.2 Å². The molecule has 0 saturated heterocycles. The molecule has 6 heteroatoms. The predicted molar refractivity (Wildman–Crippen MR) is 130 cm³/mol. The summed E-state index contributed by atoms with van der Waals surface area (Å²) in [5, 5.41) is 3.36. The number of hydrogen-bond acceptors (Lipinski definition) is 6. The van der Waals surface area contributed by atoms with Gasteiger partial charge in [0, 0.05) is 29.3 Å². The first-order valence-corrected chi connectivity index (χ1v) is 11.7. The van der Waals surface area contributed by atoms with Crippen LogP contribution in [0.4, 0.5) is 0 Å². The monoisotopic (exact) mass is 461 g/mol. The Morgan fingerprint density at radius 2 is 1.62 bits per heavy atom. The van der Waals surface area contributed by atoms with Gasteiger partial charge in [-0.2, -0.15) is 0 Å². The second kappa shape index (κ2) is 10.2. The number of rotatable bonds is 7. The Morgan fingerprint density at radius 1 is 0.971 bits per heavy atom. The summed E-state index contributed by atoms with van der Waals surface area (Å²) in [4.78, 5) is 26.4. The number of ether oxygens (including phenoxy) is 3. The van der Waals surface area contributed by atoms with Gasteiger partial charge in [0.2, 0.25) is 0 Å². The van der Waals surface area contributed by atoms with E-state index in [0.717, 1.165) is 34.7 Å². The summed E-state index contributed by atoms with van der Waals surface area (Å²) in [6, 6.07) is 15.5. The number of Topliss-reactive ketones (excluding diaryl/α,β-unsaturated/α-hetero) is 1. The molecule has 1 aliphatic carbocycles. The van der Waals surface area contributed by atoms with E-state index in [9.17, 15) is 9.59 Å². The molecule has 4 rings (SSSR count). The zero-order valence-electron chi connectivity index (χ0n) is 20.1. The maximum atomic E-state index is 13.6. The minimum absolute atomic E-state index is 0.0415.